The number of amides is 3. The summed E-state index contributed by atoms with van der Waals surface area (Å²) in [6.45, 7) is 5.89. The topological polar surface area (TPSA) is 80.6 Å². The molecular weight excluding hydrogens is 334 g/mol. The lowest BCUT2D eigenvalue weighted by atomic mass is 10.2. The molecule has 7 heteroatoms. The van der Waals surface area contributed by atoms with Crippen LogP contribution in [-0.2, 0) is 9.53 Å². The highest BCUT2D eigenvalue weighted by Gasteiger charge is 2.32. The Morgan fingerprint density at radius 3 is 2.50 bits per heavy atom. The first-order valence-electron chi connectivity index (χ1n) is 8.44. The van der Waals surface area contributed by atoms with Gasteiger partial charge >= 0.3 is 12.0 Å². The number of ether oxygens (including phenoxy) is 1. The summed E-state index contributed by atoms with van der Waals surface area (Å²) in [6, 6.07) is 11.0. The summed E-state index contributed by atoms with van der Waals surface area (Å²) in [5, 5.41) is 2.55. The fourth-order valence-electron chi connectivity index (χ4n) is 3.12. The van der Waals surface area contributed by atoms with Gasteiger partial charge in [0, 0.05) is 30.2 Å². The molecule has 2 aromatic rings. The van der Waals surface area contributed by atoms with E-state index < -0.39 is 24.0 Å². The molecule has 7 nitrogen and oxygen atoms in total. The van der Waals surface area contributed by atoms with Gasteiger partial charge in [0.15, 0.2) is 6.10 Å². The maximum absolute atomic E-state index is 12.6. The lowest BCUT2D eigenvalue weighted by Crippen LogP contribution is -2.41. The predicted molar refractivity (Wildman–Crippen MR) is 95.2 cm³/mol. The van der Waals surface area contributed by atoms with Crippen LogP contribution in [0.1, 0.15) is 28.7 Å². The monoisotopic (exact) mass is 355 g/mol. The number of aromatic nitrogens is 1. The van der Waals surface area contributed by atoms with Crippen molar-refractivity contribution in [2.75, 3.05) is 13.1 Å². The Labute approximate surface area is 151 Å². The first kappa shape index (κ1) is 17.7. The summed E-state index contributed by atoms with van der Waals surface area (Å²) in [5.74, 6) is -1.11. The minimum Gasteiger partial charge on any atom is -0.449 e. The second-order valence-electron chi connectivity index (χ2n) is 6.23. The molecule has 1 saturated heterocycles. The zero-order chi connectivity index (χ0) is 18.8. The van der Waals surface area contributed by atoms with Crippen molar-refractivity contribution in [3.8, 4) is 5.69 Å². The van der Waals surface area contributed by atoms with Gasteiger partial charge in [-0.05, 0) is 39.0 Å². The van der Waals surface area contributed by atoms with Gasteiger partial charge in [-0.1, -0.05) is 18.2 Å². The van der Waals surface area contributed by atoms with Crippen molar-refractivity contribution in [2.45, 2.75) is 26.9 Å². The zero-order valence-electron chi connectivity index (χ0n) is 15.0. The number of benzene rings is 1. The second kappa shape index (κ2) is 7.03. The minimum atomic E-state index is -1.04. The molecule has 0 saturated carbocycles. The van der Waals surface area contributed by atoms with E-state index in [0.29, 0.717) is 12.1 Å². The van der Waals surface area contributed by atoms with Gasteiger partial charge in [-0.2, -0.15) is 0 Å². The number of hydrogen-bond acceptors (Lipinski definition) is 4. The van der Waals surface area contributed by atoms with Crippen LogP contribution in [0.15, 0.2) is 36.4 Å². The first-order valence-corrected chi connectivity index (χ1v) is 8.44. The lowest BCUT2D eigenvalue weighted by molar-refractivity contribution is -0.136. The number of nitrogens with zero attached hydrogens (tertiary/aromatic N) is 2. The van der Waals surface area contributed by atoms with Gasteiger partial charge in [0.2, 0.25) is 0 Å². The second-order valence-corrected chi connectivity index (χ2v) is 6.23. The largest absolute Gasteiger partial charge is 0.449 e. The Hall–Kier alpha value is -3.09. The molecule has 0 aliphatic carbocycles. The fourth-order valence-corrected chi connectivity index (χ4v) is 3.12. The van der Waals surface area contributed by atoms with Gasteiger partial charge in [0.1, 0.15) is 0 Å². The van der Waals surface area contributed by atoms with Crippen molar-refractivity contribution in [3.63, 3.8) is 0 Å². The molecule has 3 amide bonds. The fraction of sp³-hybridized carbons (Fsp3) is 0.316. The number of hydrogen-bond donors (Lipinski definition) is 1. The molecule has 0 radical (unpaired) electrons. The molecule has 1 atom stereocenters. The molecule has 1 unspecified atom stereocenters. The van der Waals surface area contributed by atoms with E-state index in [0.717, 1.165) is 22.0 Å². The Morgan fingerprint density at radius 2 is 1.88 bits per heavy atom. The van der Waals surface area contributed by atoms with E-state index >= 15 is 0 Å². The SMILES string of the molecule is Cc1cc(C(=O)OC(C)C(=O)N2CCNC2=O)c(C)n1-c1ccccc1. The van der Waals surface area contributed by atoms with E-state index in [1.165, 1.54) is 6.92 Å². The molecule has 0 bridgehead atoms. The molecule has 1 aliphatic rings. The molecule has 2 heterocycles. The number of rotatable bonds is 4. The van der Waals surface area contributed by atoms with E-state index in [9.17, 15) is 14.4 Å². The van der Waals surface area contributed by atoms with E-state index in [-0.39, 0.29) is 6.54 Å². The van der Waals surface area contributed by atoms with Gasteiger partial charge in [-0.3, -0.25) is 9.69 Å². The summed E-state index contributed by atoms with van der Waals surface area (Å²) >= 11 is 0. The molecule has 0 spiro atoms. The van der Waals surface area contributed by atoms with Gasteiger partial charge in [0.25, 0.3) is 5.91 Å². The smallest absolute Gasteiger partial charge is 0.340 e. The van der Waals surface area contributed by atoms with Crippen molar-refractivity contribution in [1.82, 2.24) is 14.8 Å². The Kier molecular flexibility index (Phi) is 4.79. The number of imide groups is 1. The molecule has 1 aliphatic heterocycles. The van der Waals surface area contributed by atoms with E-state index in [4.69, 9.17) is 4.74 Å². The van der Waals surface area contributed by atoms with Crippen LogP contribution in [0.5, 0.6) is 0 Å². The maximum atomic E-state index is 12.6. The van der Waals surface area contributed by atoms with E-state index in [1.54, 1.807) is 6.07 Å². The summed E-state index contributed by atoms with van der Waals surface area (Å²) < 4.78 is 7.28. The molecular formula is C19H21N3O4. The summed E-state index contributed by atoms with van der Waals surface area (Å²) in [6.07, 6.45) is -1.04. The van der Waals surface area contributed by atoms with Crippen molar-refractivity contribution in [2.24, 2.45) is 0 Å². The average molecular weight is 355 g/mol. The van der Waals surface area contributed by atoms with Gasteiger partial charge in [-0.15, -0.1) is 0 Å². The van der Waals surface area contributed by atoms with Crippen LogP contribution >= 0.6 is 0 Å². The Balaban J connectivity index is 1.78. The zero-order valence-corrected chi connectivity index (χ0v) is 15.0. The van der Waals surface area contributed by atoms with Gasteiger partial charge in [-0.25, -0.2) is 9.59 Å². The van der Waals surface area contributed by atoms with E-state index in [2.05, 4.69) is 5.32 Å². The maximum Gasteiger partial charge on any atom is 0.340 e. The van der Waals surface area contributed by atoms with Crippen molar-refractivity contribution in [1.29, 1.82) is 0 Å². The Bertz CT molecular complexity index is 857. The number of carbonyl (C=O) groups is 3. The van der Waals surface area contributed by atoms with Gasteiger partial charge in [0.05, 0.1) is 5.56 Å². The highest BCUT2D eigenvalue weighted by atomic mass is 16.5. The standard InChI is InChI=1S/C19H21N3O4/c1-12-11-16(13(2)22(12)15-7-5-4-6-8-15)18(24)26-14(3)17(23)21-10-9-20-19(21)25/h4-8,11,14H,9-10H2,1-3H3,(H,20,25). The number of esters is 1. The quantitative estimate of drug-likeness (QED) is 0.853. The van der Waals surface area contributed by atoms with Crippen LogP contribution < -0.4 is 5.32 Å². The molecule has 1 N–H and O–H groups in total. The third-order valence-corrected chi connectivity index (χ3v) is 4.42. The van der Waals surface area contributed by atoms with Crippen molar-refractivity contribution in [3.05, 3.63) is 53.3 Å². The van der Waals surface area contributed by atoms with Crippen LogP contribution in [0.25, 0.3) is 5.69 Å². The molecule has 3 rings (SSSR count). The number of carbonyl (C=O) groups excluding carboxylic acids is 3. The third kappa shape index (κ3) is 3.20. The number of para-hydroxylation sites is 1. The van der Waals surface area contributed by atoms with Crippen LogP contribution in [-0.4, -0.2) is 46.6 Å². The van der Waals surface area contributed by atoms with Crippen LogP contribution in [0.3, 0.4) is 0 Å². The highest BCUT2D eigenvalue weighted by molar-refractivity contribution is 5.99. The molecule has 1 aromatic heterocycles. The van der Waals surface area contributed by atoms with Crippen LogP contribution in [0, 0.1) is 13.8 Å². The highest BCUT2D eigenvalue weighted by Crippen LogP contribution is 2.22. The lowest BCUT2D eigenvalue weighted by Gasteiger charge is -2.18. The minimum absolute atomic E-state index is 0.280. The van der Waals surface area contributed by atoms with Crippen LogP contribution in [0.2, 0.25) is 0 Å². The normalized spacial score (nSPS) is 14.9. The molecule has 136 valence electrons. The number of urea groups is 1. The van der Waals surface area contributed by atoms with Crippen molar-refractivity contribution < 1.29 is 19.1 Å². The molecule has 1 aromatic carbocycles. The number of nitrogens with one attached hydrogen (secondary N) is 1. The summed E-state index contributed by atoms with van der Waals surface area (Å²) in [7, 11) is 0. The summed E-state index contributed by atoms with van der Waals surface area (Å²) in [5.41, 5.74) is 2.96. The summed E-state index contributed by atoms with van der Waals surface area (Å²) in [4.78, 5) is 37.5. The Morgan fingerprint density at radius 1 is 1.19 bits per heavy atom. The predicted octanol–water partition coefficient (Wildman–Crippen LogP) is 2.19. The van der Waals surface area contributed by atoms with Crippen LogP contribution in [0.4, 0.5) is 4.79 Å². The first-order chi connectivity index (χ1) is 12.4. The molecule has 26 heavy (non-hydrogen) atoms. The van der Waals surface area contributed by atoms with E-state index in [1.807, 2.05) is 48.7 Å². The van der Waals surface area contributed by atoms with Gasteiger partial charge < -0.3 is 14.6 Å². The number of aryl methyl sites for hydroxylation is 1. The average Bonchev–Trinajstić information content (AvgIpc) is 3.17. The molecule has 1 fully saturated rings. The van der Waals surface area contributed by atoms with Crippen molar-refractivity contribution >= 4 is 17.9 Å². The third-order valence-electron chi connectivity index (χ3n) is 4.42.